The highest BCUT2D eigenvalue weighted by molar-refractivity contribution is 14.0. The van der Waals surface area contributed by atoms with Crippen molar-refractivity contribution in [3.8, 4) is 0 Å². The molecule has 2 rings (SSSR count). The fraction of sp³-hybridized carbons (Fsp3) is 0.632. The number of rotatable bonds is 9. The molecular weight excluding hydrogens is 413 g/mol. The summed E-state index contributed by atoms with van der Waals surface area (Å²) in [7, 11) is 1.84. The van der Waals surface area contributed by atoms with Crippen LogP contribution in [0.5, 0.6) is 0 Å². The standard InChI is InChI=1S/C19H31N3O.HI/c1-4-23-14-8-7-13-21-18(20-3)22-15-19(11-12-19)17-10-6-5-9-16(17)2;/h5-6,9-10H,4,7-8,11-15H2,1-3H3,(H2,20,21,22);1H. The second-order valence-electron chi connectivity index (χ2n) is 6.35. The van der Waals surface area contributed by atoms with Crippen molar-refractivity contribution in [1.82, 2.24) is 10.6 Å². The van der Waals surface area contributed by atoms with Gasteiger partial charge in [0.25, 0.3) is 0 Å². The third-order valence-electron chi connectivity index (χ3n) is 4.60. The van der Waals surface area contributed by atoms with Gasteiger partial charge in [-0.25, -0.2) is 0 Å². The number of aryl methyl sites for hydroxylation is 1. The minimum absolute atomic E-state index is 0. The number of hydrogen-bond acceptors (Lipinski definition) is 2. The van der Waals surface area contributed by atoms with Crippen LogP contribution in [-0.4, -0.2) is 39.3 Å². The van der Waals surface area contributed by atoms with E-state index in [1.807, 2.05) is 14.0 Å². The molecule has 4 nitrogen and oxygen atoms in total. The first kappa shape index (κ1) is 21.2. The Bertz CT molecular complexity index is 515. The molecule has 24 heavy (non-hydrogen) atoms. The van der Waals surface area contributed by atoms with Crippen LogP contribution in [0.3, 0.4) is 0 Å². The number of aliphatic imine (C=N–C) groups is 1. The molecule has 5 heteroatoms. The molecule has 0 atom stereocenters. The van der Waals surface area contributed by atoms with Crippen molar-refractivity contribution >= 4 is 29.9 Å². The van der Waals surface area contributed by atoms with Crippen LogP contribution in [0.1, 0.15) is 43.7 Å². The van der Waals surface area contributed by atoms with Crippen molar-refractivity contribution in [1.29, 1.82) is 0 Å². The third kappa shape index (κ3) is 6.24. The summed E-state index contributed by atoms with van der Waals surface area (Å²) in [6, 6.07) is 8.74. The lowest BCUT2D eigenvalue weighted by Crippen LogP contribution is -2.41. The van der Waals surface area contributed by atoms with E-state index in [-0.39, 0.29) is 24.0 Å². The van der Waals surface area contributed by atoms with Crippen LogP contribution in [0.15, 0.2) is 29.3 Å². The lowest BCUT2D eigenvalue weighted by atomic mass is 9.92. The van der Waals surface area contributed by atoms with Crippen LogP contribution in [0.4, 0.5) is 0 Å². The van der Waals surface area contributed by atoms with Crippen LogP contribution in [0, 0.1) is 6.92 Å². The molecule has 2 N–H and O–H groups in total. The Morgan fingerprint density at radius 3 is 2.58 bits per heavy atom. The van der Waals surface area contributed by atoms with Gasteiger partial charge in [-0.15, -0.1) is 24.0 Å². The molecule has 1 aliphatic carbocycles. The summed E-state index contributed by atoms with van der Waals surface area (Å²) in [5.41, 5.74) is 3.18. The maximum Gasteiger partial charge on any atom is 0.191 e. The van der Waals surface area contributed by atoms with Gasteiger partial charge in [0.1, 0.15) is 0 Å². The summed E-state index contributed by atoms with van der Waals surface area (Å²) in [6.07, 6.45) is 4.71. The minimum Gasteiger partial charge on any atom is -0.382 e. The zero-order chi connectivity index (χ0) is 16.5. The zero-order valence-electron chi connectivity index (χ0n) is 15.2. The largest absolute Gasteiger partial charge is 0.382 e. The summed E-state index contributed by atoms with van der Waals surface area (Å²) in [6.45, 7) is 7.78. The van der Waals surface area contributed by atoms with Crippen LogP contribution in [0.25, 0.3) is 0 Å². The molecule has 0 heterocycles. The van der Waals surface area contributed by atoms with Crippen molar-refractivity contribution in [2.45, 2.75) is 44.9 Å². The molecule has 0 aliphatic heterocycles. The molecule has 1 aromatic carbocycles. The molecule has 1 aromatic rings. The Hall–Kier alpha value is -0.820. The number of hydrogen-bond donors (Lipinski definition) is 2. The van der Waals surface area contributed by atoms with Crippen molar-refractivity contribution < 1.29 is 4.74 Å². The average Bonchev–Trinajstić information content (AvgIpc) is 3.35. The molecular formula is C19H32IN3O. The number of nitrogens with zero attached hydrogens (tertiary/aromatic N) is 1. The Kier molecular flexibility index (Phi) is 9.66. The van der Waals surface area contributed by atoms with Crippen molar-refractivity contribution in [2.75, 3.05) is 33.4 Å². The molecule has 0 radical (unpaired) electrons. The van der Waals surface area contributed by atoms with Crippen molar-refractivity contribution in [3.63, 3.8) is 0 Å². The van der Waals surface area contributed by atoms with E-state index in [1.165, 1.54) is 24.0 Å². The fourth-order valence-electron chi connectivity index (χ4n) is 3.01. The van der Waals surface area contributed by atoms with Gasteiger partial charge in [-0.1, -0.05) is 24.3 Å². The van der Waals surface area contributed by atoms with E-state index < -0.39 is 0 Å². The SMILES string of the molecule is CCOCCCCNC(=NC)NCC1(c2ccccc2C)CC1.I. The lowest BCUT2D eigenvalue weighted by Gasteiger charge is -2.20. The van der Waals surface area contributed by atoms with Crippen molar-refractivity contribution in [2.24, 2.45) is 4.99 Å². The van der Waals surface area contributed by atoms with Gasteiger partial charge < -0.3 is 15.4 Å². The van der Waals surface area contributed by atoms with E-state index in [1.54, 1.807) is 0 Å². The van der Waals surface area contributed by atoms with E-state index in [0.29, 0.717) is 5.41 Å². The summed E-state index contributed by atoms with van der Waals surface area (Å²) in [4.78, 5) is 4.33. The van der Waals surface area contributed by atoms with E-state index in [9.17, 15) is 0 Å². The molecule has 1 saturated carbocycles. The van der Waals surface area contributed by atoms with Gasteiger partial charge in [0, 0.05) is 38.8 Å². The molecule has 1 fully saturated rings. The van der Waals surface area contributed by atoms with Gasteiger partial charge in [0.05, 0.1) is 0 Å². The second kappa shape index (κ2) is 10.9. The summed E-state index contributed by atoms with van der Waals surface area (Å²) < 4.78 is 5.35. The van der Waals surface area contributed by atoms with Crippen LogP contribution >= 0.6 is 24.0 Å². The molecule has 0 unspecified atom stereocenters. The molecule has 0 aromatic heterocycles. The van der Waals surface area contributed by atoms with Gasteiger partial charge in [-0.2, -0.15) is 0 Å². The first-order valence-corrected chi connectivity index (χ1v) is 8.80. The number of halogens is 1. The van der Waals surface area contributed by atoms with Crippen LogP contribution < -0.4 is 10.6 Å². The zero-order valence-corrected chi connectivity index (χ0v) is 17.6. The average molecular weight is 445 g/mol. The summed E-state index contributed by atoms with van der Waals surface area (Å²) in [5, 5.41) is 6.90. The maximum absolute atomic E-state index is 5.35. The number of guanidine groups is 1. The first-order chi connectivity index (χ1) is 11.2. The first-order valence-electron chi connectivity index (χ1n) is 8.80. The number of ether oxygens (including phenoxy) is 1. The number of nitrogens with one attached hydrogen (secondary N) is 2. The molecule has 1 aliphatic rings. The number of benzene rings is 1. The Balaban J connectivity index is 0.00000288. The van der Waals surface area contributed by atoms with E-state index in [0.717, 1.165) is 45.1 Å². The number of unbranched alkanes of at least 4 members (excludes halogenated alkanes) is 1. The predicted octanol–water partition coefficient (Wildman–Crippen LogP) is 3.63. The predicted molar refractivity (Wildman–Crippen MR) is 113 cm³/mol. The van der Waals surface area contributed by atoms with Crippen LogP contribution in [-0.2, 0) is 10.2 Å². The normalized spacial score (nSPS) is 15.5. The maximum atomic E-state index is 5.35. The highest BCUT2D eigenvalue weighted by Gasteiger charge is 2.44. The highest BCUT2D eigenvalue weighted by atomic mass is 127. The van der Waals surface area contributed by atoms with Gasteiger partial charge >= 0.3 is 0 Å². The smallest absolute Gasteiger partial charge is 0.191 e. The topological polar surface area (TPSA) is 45.6 Å². The van der Waals surface area contributed by atoms with Gasteiger partial charge in [0.15, 0.2) is 5.96 Å². The van der Waals surface area contributed by atoms with E-state index in [2.05, 4.69) is 46.8 Å². The fourth-order valence-corrected chi connectivity index (χ4v) is 3.01. The van der Waals surface area contributed by atoms with E-state index in [4.69, 9.17) is 4.74 Å². The van der Waals surface area contributed by atoms with E-state index >= 15 is 0 Å². The van der Waals surface area contributed by atoms with Gasteiger partial charge in [-0.3, -0.25) is 4.99 Å². The molecule has 0 saturated heterocycles. The Labute approximate surface area is 163 Å². The summed E-state index contributed by atoms with van der Waals surface area (Å²) in [5.74, 6) is 0.904. The van der Waals surface area contributed by atoms with Crippen molar-refractivity contribution in [3.05, 3.63) is 35.4 Å². The summed E-state index contributed by atoms with van der Waals surface area (Å²) >= 11 is 0. The molecule has 0 amide bonds. The van der Waals surface area contributed by atoms with Gasteiger partial charge in [0.2, 0.25) is 0 Å². The lowest BCUT2D eigenvalue weighted by molar-refractivity contribution is 0.143. The molecule has 0 spiro atoms. The van der Waals surface area contributed by atoms with Gasteiger partial charge in [-0.05, 0) is 50.7 Å². The molecule has 0 bridgehead atoms. The monoisotopic (exact) mass is 445 g/mol. The highest BCUT2D eigenvalue weighted by Crippen LogP contribution is 2.48. The molecule has 136 valence electrons. The Morgan fingerprint density at radius 2 is 1.96 bits per heavy atom. The quantitative estimate of drug-likeness (QED) is 0.264. The second-order valence-corrected chi connectivity index (χ2v) is 6.35. The van der Waals surface area contributed by atoms with Crippen LogP contribution in [0.2, 0.25) is 0 Å². The minimum atomic E-state index is 0. The Morgan fingerprint density at radius 1 is 1.21 bits per heavy atom. The third-order valence-corrected chi connectivity index (χ3v) is 4.60.